The number of nitrogens with one attached hydrogen (secondary N) is 2. The molecule has 1 aromatic carbocycles. The summed E-state index contributed by atoms with van der Waals surface area (Å²) in [5.41, 5.74) is 2.03. The van der Waals surface area contributed by atoms with E-state index in [4.69, 9.17) is 4.74 Å². The van der Waals surface area contributed by atoms with Crippen LogP contribution in [0.1, 0.15) is 38.3 Å². The molecular weight excluding hydrogens is 354 g/mol. The third kappa shape index (κ3) is 7.38. The lowest BCUT2D eigenvalue weighted by molar-refractivity contribution is 0.0507. The van der Waals surface area contributed by atoms with Crippen molar-refractivity contribution in [2.24, 2.45) is 4.99 Å². The van der Waals surface area contributed by atoms with Crippen molar-refractivity contribution < 1.29 is 9.53 Å². The van der Waals surface area contributed by atoms with Crippen LogP contribution in [-0.2, 0) is 17.8 Å². The molecule has 1 aliphatic rings. The maximum atomic E-state index is 12.0. The molecule has 156 valence electrons. The van der Waals surface area contributed by atoms with Gasteiger partial charge < -0.3 is 25.2 Å². The number of guanidine groups is 1. The van der Waals surface area contributed by atoms with Gasteiger partial charge in [0, 0.05) is 33.2 Å². The highest BCUT2D eigenvalue weighted by Crippen LogP contribution is 2.12. The number of rotatable bonds is 5. The maximum absolute atomic E-state index is 12.0. The molecule has 7 heteroatoms. The lowest BCUT2D eigenvalue weighted by Crippen LogP contribution is -2.44. The summed E-state index contributed by atoms with van der Waals surface area (Å²) in [6.07, 6.45) is 0.513. The molecule has 1 amide bonds. The minimum Gasteiger partial charge on any atom is -0.444 e. The van der Waals surface area contributed by atoms with Gasteiger partial charge in [0.05, 0.1) is 6.04 Å². The number of carbonyl (C=O) groups is 1. The van der Waals surface area contributed by atoms with Crippen molar-refractivity contribution in [3.8, 4) is 0 Å². The smallest absolute Gasteiger partial charge is 0.407 e. The molecule has 0 saturated carbocycles. The highest BCUT2D eigenvalue weighted by atomic mass is 16.6. The topological polar surface area (TPSA) is 69.2 Å². The lowest BCUT2D eigenvalue weighted by Gasteiger charge is -2.23. The van der Waals surface area contributed by atoms with E-state index in [1.54, 1.807) is 7.05 Å². The van der Waals surface area contributed by atoms with Gasteiger partial charge in [0.1, 0.15) is 5.60 Å². The third-order valence-corrected chi connectivity index (χ3v) is 4.39. The number of likely N-dealkylation sites (tertiary alicyclic amines) is 1. The van der Waals surface area contributed by atoms with E-state index in [0.29, 0.717) is 0 Å². The summed E-state index contributed by atoms with van der Waals surface area (Å²) in [5, 5.41) is 6.37. The molecule has 2 N–H and O–H groups in total. The molecule has 1 heterocycles. The first kappa shape index (κ1) is 22.0. The Morgan fingerprint density at radius 2 is 1.89 bits per heavy atom. The van der Waals surface area contributed by atoms with E-state index < -0.39 is 5.60 Å². The molecule has 7 nitrogen and oxygen atoms in total. The molecular formula is C21H35N5O2. The van der Waals surface area contributed by atoms with Gasteiger partial charge in [-0.2, -0.15) is 0 Å². The summed E-state index contributed by atoms with van der Waals surface area (Å²) in [6.45, 7) is 8.83. The van der Waals surface area contributed by atoms with Crippen molar-refractivity contribution in [2.45, 2.75) is 51.9 Å². The van der Waals surface area contributed by atoms with E-state index in [9.17, 15) is 4.79 Å². The first-order valence-electron chi connectivity index (χ1n) is 9.84. The van der Waals surface area contributed by atoms with E-state index >= 15 is 0 Å². The Morgan fingerprint density at radius 3 is 2.46 bits per heavy atom. The molecule has 2 rings (SSSR count). The van der Waals surface area contributed by atoms with Crippen LogP contribution < -0.4 is 10.6 Å². The molecule has 0 aliphatic carbocycles. The highest BCUT2D eigenvalue weighted by molar-refractivity contribution is 5.80. The van der Waals surface area contributed by atoms with Crippen LogP contribution >= 0.6 is 0 Å². The molecule has 1 fully saturated rings. The van der Waals surface area contributed by atoms with Gasteiger partial charge in [-0.25, -0.2) is 4.79 Å². The van der Waals surface area contributed by atoms with Gasteiger partial charge in [-0.1, -0.05) is 24.3 Å². The first-order chi connectivity index (χ1) is 13.2. The van der Waals surface area contributed by atoms with Gasteiger partial charge in [0.25, 0.3) is 0 Å². The Hall–Kier alpha value is -2.28. The zero-order chi connectivity index (χ0) is 20.7. The lowest BCUT2D eigenvalue weighted by atomic mass is 10.1. The summed E-state index contributed by atoms with van der Waals surface area (Å²) in [6, 6.07) is 8.69. The SMILES string of the molecule is CN=C(NCc1ccc(CN(C)C)cc1)N1CCC(NC(=O)OC(C)(C)C)C1. The number of nitrogens with zero attached hydrogens (tertiary/aromatic N) is 3. The molecule has 0 bridgehead atoms. The van der Waals surface area contributed by atoms with Crippen LogP contribution in [0.3, 0.4) is 0 Å². The molecule has 1 aromatic rings. The van der Waals surface area contributed by atoms with Crippen LogP contribution in [0.25, 0.3) is 0 Å². The average molecular weight is 390 g/mol. The van der Waals surface area contributed by atoms with E-state index in [-0.39, 0.29) is 12.1 Å². The standard InChI is InChI=1S/C21H35N5O2/c1-21(2,3)28-20(27)24-18-11-12-26(15-18)19(22-4)23-13-16-7-9-17(10-8-16)14-25(5)6/h7-10,18H,11-15H2,1-6H3,(H,22,23)(H,24,27). The summed E-state index contributed by atoms with van der Waals surface area (Å²) < 4.78 is 5.34. The number of benzene rings is 1. The van der Waals surface area contributed by atoms with Gasteiger partial charge in [-0.15, -0.1) is 0 Å². The number of ether oxygens (including phenoxy) is 1. The van der Waals surface area contributed by atoms with Crippen LogP contribution in [-0.4, -0.2) is 67.7 Å². The van der Waals surface area contributed by atoms with E-state index in [2.05, 4.69) is 63.8 Å². The van der Waals surface area contributed by atoms with Crippen molar-refractivity contribution in [3.05, 3.63) is 35.4 Å². The fraction of sp³-hybridized carbons (Fsp3) is 0.619. The van der Waals surface area contributed by atoms with Gasteiger partial charge >= 0.3 is 6.09 Å². The van der Waals surface area contributed by atoms with Crippen molar-refractivity contribution in [3.63, 3.8) is 0 Å². The number of alkyl carbamates (subject to hydrolysis) is 1. The minimum atomic E-state index is -0.484. The van der Waals surface area contributed by atoms with E-state index in [0.717, 1.165) is 38.6 Å². The van der Waals surface area contributed by atoms with Crippen LogP contribution in [0.15, 0.2) is 29.3 Å². The molecule has 0 aromatic heterocycles. The molecule has 1 aliphatic heterocycles. The normalized spacial score (nSPS) is 17.8. The predicted octanol–water partition coefficient (Wildman–Crippen LogP) is 2.42. The largest absolute Gasteiger partial charge is 0.444 e. The summed E-state index contributed by atoms with van der Waals surface area (Å²) >= 11 is 0. The van der Waals surface area contributed by atoms with Crippen molar-refractivity contribution in [1.82, 2.24) is 20.4 Å². The number of hydrogen-bond acceptors (Lipinski definition) is 4. The fourth-order valence-electron chi connectivity index (χ4n) is 3.19. The zero-order valence-corrected chi connectivity index (χ0v) is 18.1. The zero-order valence-electron chi connectivity index (χ0n) is 18.1. The number of aliphatic imine (C=N–C) groups is 1. The van der Waals surface area contributed by atoms with Crippen molar-refractivity contribution in [2.75, 3.05) is 34.2 Å². The predicted molar refractivity (Wildman–Crippen MR) is 113 cm³/mol. The second-order valence-corrected chi connectivity index (χ2v) is 8.53. The summed E-state index contributed by atoms with van der Waals surface area (Å²) in [5.74, 6) is 0.853. The number of amides is 1. The maximum Gasteiger partial charge on any atom is 0.407 e. The molecule has 1 unspecified atom stereocenters. The Balaban J connectivity index is 1.81. The van der Waals surface area contributed by atoms with Crippen LogP contribution in [0.2, 0.25) is 0 Å². The Labute approximate surface area is 169 Å². The molecule has 1 saturated heterocycles. The van der Waals surface area contributed by atoms with Crippen molar-refractivity contribution in [1.29, 1.82) is 0 Å². The summed E-state index contributed by atoms with van der Waals surface area (Å²) in [4.78, 5) is 20.7. The first-order valence-corrected chi connectivity index (χ1v) is 9.84. The van der Waals surface area contributed by atoms with E-state index in [1.807, 2.05) is 20.8 Å². The number of carbonyl (C=O) groups excluding carboxylic acids is 1. The quantitative estimate of drug-likeness (QED) is 0.598. The second-order valence-electron chi connectivity index (χ2n) is 8.53. The van der Waals surface area contributed by atoms with Gasteiger partial charge in [-0.05, 0) is 52.4 Å². The monoisotopic (exact) mass is 389 g/mol. The van der Waals surface area contributed by atoms with Crippen LogP contribution in [0, 0.1) is 0 Å². The van der Waals surface area contributed by atoms with Crippen molar-refractivity contribution >= 4 is 12.1 Å². The molecule has 0 spiro atoms. The number of hydrogen-bond donors (Lipinski definition) is 2. The Morgan fingerprint density at radius 1 is 1.25 bits per heavy atom. The highest BCUT2D eigenvalue weighted by Gasteiger charge is 2.27. The van der Waals surface area contributed by atoms with Gasteiger partial charge in [-0.3, -0.25) is 4.99 Å². The third-order valence-electron chi connectivity index (χ3n) is 4.39. The summed E-state index contributed by atoms with van der Waals surface area (Å²) in [7, 11) is 5.93. The molecule has 28 heavy (non-hydrogen) atoms. The Bertz CT molecular complexity index is 664. The average Bonchev–Trinajstić information content (AvgIpc) is 3.03. The van der Waals surface area contributed by atoms with E-state index in [1.165, 1.54) is 11.1 Å². The van der Waals surface area contributed by atoms with Gasteiger partial charge in [0.2, 0.25) is 0 Å². The minimum absolute atomic E-state index is 0.0683. The fourth-order valence-corrected chi connectivity index (χ4v) is 3.19. The second kappa shape index (κ2) is 9.78. The molecule has 1 atom stereocenters. The Kier molecular flexibility index (Phi) is 7.69. The van der Waals surface area contributed by atoms with Gasteiger partial charge in [0.15, 0.2) is 5.96 Å². The van der Waals surface area contributed by atoms with Crippen LogP contribution in [0.5, 0.6) is 0 Å². The molecule has 0 radical (unpaired) electrons. The van der Waals surface area contributed by atoms with Crippen LogP contribution in [0.4, 0.5) is 4.79 Å².